The molecule has 0 aromatic carbocycles. The molecule has 0 aliphatic rings. The van der Waals surface area contributed by atoms with Gasteiger partial charge in [0.1, 0.15) is 9.88 Å². The Labute approximate surface area is 109 Å². The Balaban J connectivity index is 2.77. The second-order valence-electron chi connectivity index (χ2n) is 3.34. The number of thioether (sulfide) groups is 1. The Kier molecular flexibility index (Phi) is 5.60. The van der Waals surface area contributed by atoms with Gasteiger partial charge in [-0.05, 0) is 12.7 Å². The molecule has 5 N–H and O–H groups in total. The molecule has 1 aromatic rings. The normalized spacial score (nSPS) is 10.5. The Morgan fingerprint density at radius 2 is 2.29 bits per heavy atom. The zero-order chi connectivity index (χ0) is 12.8. The van der Waals surface area contributed by atoms with Crippen molar-refractivity contribution in [3.05, 3.63) is 4.88 Å². The van der Waals surface area contributed by atoms with Crippen LogP contribution in [0.2, 0.25) is 0 Å². The van der Waals surface area contributed by atoms with Crippen LogP contribution in [0.15, 0.2) is 4.90 Å². The molecule has 0 bridgehead atoms. The molecule has 0 saturated heterocycles. The van der Waals surface area contributed by atoms with Crippen LogP contribution < -0.4 is 16.8 Å². The lowest BCUT2D eigenvalue weighted by Gasteiger charge is -2.05. The highest BCUT2D eigenvalue weighted by Crippen LogP contribution is 2.41. The fourth-order valence-electron chi connectivity index (χ4n) is 1.35. The van der Waals surface area contributed by atoms with Crippen molar-refractivity contribution in [2.75, 3.05) is 37.6 Å². The van der Waals surface area contributed by atoms with Crippen LogP contribution in [0.3, 0.4) is 0 Å². The molecule has 0 radical (unpaired) electrons. The fraction of sp³-hybridized carbons (Fsp3) is 0.500. The van der Waals surface area contributed by atoms with Gasteiger partial charge >= 0.3 is 0 Å². The Morgan fingerprint density at radius 1 is 1.59 bits per heavy atom. The van der Waals surface area contributed by atoms with Crippen molar-refractivity contribution in [3.8, 4) is 0 Å². The lowest BCUT2D eigenvalue weighted by Crippen LogP contribution is -2.10. The first kappa shape index (κ1) is 14.1. The standard InChI is InChI=1S/C10H17N3O2S2/c1-15-5-3-4-13-10-8(16-2)6(11)7(17-10)9(12)14/h13H,3-5,11H2,1-2H3,(H2,12,14). The Morgan fingerprint density at radius 3 is 2.82 bits per heavy atom. The topological polar surface area (TPSA) is 90.4 Å². The first-order valence-electron chi connectivity index (χ1n) is 5.10. The van der Waals surface area contributed by atoms with Crippen LogP contribution in [0.4, 0.5) is 10.7 Å². The van der Waals surface area contributed by atoms with Gasteiger partial charge in [0.15, 0.2) is 0 Å². The zero-order valence-electron chi connectivity index (χ0n) is 9.91. The van der Waals surface area contributed by atoms with E-state index >= 15 is 0 Å². The number of carbonyl (C=O) groups is 1. The number of primary amides is 1. The monoisotopic (exact) mass is 275 g/mol. The van der Waals surface area contributed by atoms with Crippen LogP contribution in [0, 0.1) is 0 Å². The van der Waals surface area contributed by atoms with E-state index in [4.69, 9.17) is 16.2 Å². The lowest BCUT2D eigenvalue weighted by molar-refractivity contribution is 0.100. The first-order valence-corrected chi connectivity index (χ1v) is 7.14. The van der Waals surface area contributed by atoms with Crippen molar-refractivity contribution in [1.29, 1.82) is 0 Å². The van der Waals surface area contributed by atoms with E-state index in [0.29, 0.717) is 17.2 Å². The molecule has 5 nitrogen and oxygen atoms in total. The lowest BCUT2D eigenvalue weighted by atomic mass is 10.4. The molecule has 0 unspecified atom stereocenters. The van der Waals surface area contributed by atoms with Gasteiger partial charge in [-0.15, -0.1) is 23.1 Å². The van der Waals surface area contributed by atoms with Crippen molar-refractivity contribution in [2.24, 2.45) is 5.73 Å². The van der Waals surface area contributed by atoms with Crippen LogP contribution >= 0.6 is 23.1 Å². The van der Waals surface area contributed by atoms with Gasteiger partial charge in [0.2, 0.25) is 0 Å². The van der Waals surface area contributed by atoms with Crippen molar-refractivity contribution in [3.63, 3.8) is 0 Å². The molecule has 0 aliphatic heterocycles. The molecular weight excluding hydrogens is 258 g/mol. The largest absolute Gasteiger partial charge is 0.396 e. The number of nitrogen functional groups attached to an aromatic ring is 1. The molecular formula is C10H17N3O2S2. The third-order valence-electron chi connectivity index (χ3n) is 2.14. The number of amides is 1. The number of hydrogen-bond acceptors (Lipinski definition) is 6. The highest BCUT2D eigenvalue weighted by molar-refractivity contribution is 7.99. The number of rotatable bonds is 7. The number of ether oxygens (including phenoxy) is 1. The molecule has 17 heavy (non-hydrogen) atoms. The Hall–Kier alpha value is -0.920. The highest BCUT2D eigenvalue weighted by atomic mass is 32.2. The van der Waals surface area contributed by atoms with E-state index in [1.165, 1.54) is 23.1 Å². The second-order valence-corrected chi connectivity index (χ2v) is 5.18. The first-order chi connectivity index (χ1) is 8.11. The SMILES string of the molecule is COCCCNc1sc(C(N)=O)c(N)c1SC. The fourth-order valence-corrected chi connectivity index (χ4v) is 3.26. The summed E-state index contributed by atoms with van der Waals surface area (Å²) in [6.07, 6.45) is 2.82. The van der Waals surface area contributed by atoms with E-state index < -0.39 is 5.91 Å². The number of hydrogen-bond donors (Lipinski definition) is 3. The average Bonchev–Trinajstić information content (AvgIpc) is 2.61. The molecule has 1 aromatic heterocycles. The highest BCUT2D eigenvalue weighted by Gasteiger charge is 2.18. The molecule has 0 spiro atoms. The summed E-state index contributed by atoms with van der Waals surface area (Å²) in [5.41, 5.74) is 11.6. The summed E-state index contributed by atoms with van der Waals surface area (Å²) in [5, 5.41) is 4.15. The minimum absolute atomic E-state index is 0.420. The summed E-state index contributed by atoms with van der Waals surface area (Å²) in [4.78, 5) is 12.5. The molecule has 96 valence electrons. The summed E-state index contributed by atoms with van der Waals surface area (Å²) in [5.74, 6) is -0.479. The Bertz CT molecular complexity index is 393. The number of carbonyl (C=O) groups excluding carboxylic acids is 1. The number of nitrogens with one attached hydrogen (secondary N) is 1. The molecule has 0 atom stereocenters. The average molecular weight is 275 g/mol. The number of nitrogens with two attached hydrogens (primary N) is 2. The van der Waals surface area contributed by atoms with Crippen LogP contribution in [-0.4, -0.2) is 32.4 Å². The zero-order valence-corrected chi connectivity index (χ0v) is 11.5. The van der Waals surface area contributed by atoms with Gasteiger partial charge in [-0.3, -0.25) is 4.79 Å². The van der Waals surface area contributed by atoms with E-state index in [2.05, 4.69) is 5.32 Å². The minimum Gasteiger partial charge on any atom is -0.396 e. The summed E-state index contributed by atoms with van der Waals surface area (Å²) < 4.78 is 4.96. The van der Waals surface area contributed by atoms with E-state index in [1.54, 1.807) is 7.11 Å². The van der Waals surface area contributed by atoms with Gasteiger partial charge in [0.25, 0.3) is 5.91 Å². The van der Waals surface area contributed by atoms with E-state index in [1.807, 2.05) is 6.26 Å². The van der Waals surface area contributed by atoms with E-state index in [9.17, 15) is 4.79 Å². The smallest absolute Gasteiger partial charge is 0.261 e. The van der Waals surface area contributed by atoms with Gasteiger partial charge in [-0.2, -0.15) is 0 Å². The predicted octanol–water partition coefficient (Wildman–Crippen LogP) is 1.60. The number of anilines is 2. The molecule has 7 heteroatoms. The van der Waals surface area contributed by atoms with Crippen molar-refractivity contribution < 1.29 is 9.53 Å². The third-order valence-corrected chi connectivity index (χ3v) is 4.28. The summed E-state index contributed by atoms with van der Waals surface area (Å²) in [6.45, 7) is 1.48. The maximum atomic E-state index is 11.2. The van der Waals surface area contributed by atoms with Crippen LogP contribution in [0.1, 0.15) is 16.1 Å². The van der Waals surface area contributed by atoms with Crippen molar-refractivity contribution in [2.45, 2.75) is 11.3 Å². The number of thiophene rings is 1. The van der Waals surface area contributed by atoms with E-state index in [-0.39, 0.29) is 0 Å². The van der Waals surface area contributed by atoms with E-state index in [0.717, 1.165) is 22.9 Å². The molecule has 0 aliphatic carbocycles. The second kappa shape index (κ2) is 6.73. The van der Waals surface area contributed by atoms with Crippen LogP contribution in [-0.2, 0) is 4.74 Å². The predicted molar refractivity (Wildman–Crippen MR) is 74.0 cm³/mol. The van der Waals surface area contributed by atoms with Gasteiger partial charge in [-0.25, -0.2) is 0 Å². The van der Waals surface area contributed by atoms with Gasteiger partial charge in [0, 0.05) is 20.3 Å². The maximum absolute atomic E-state index is 11.2. The minimum atomic E-state index is -0.479. The van der Waals surface area contributed by atoms with Crippen LogP contribution in [0.25, 0.3) is 0 Å². The number of methoxy groups -OCH3 is 1. The molecule has 0 saturated carbocycles. The molecule has 0 fully saturated rings. The van der Waals surface area contributed by atoms with Crippen LogP contribution in [0.5, 0.6) is 0 Å². The quantitative estimate of drug-likeness (QED) is 0.519. The van der Waals surface area contributed by atoms with Gasteiger partial charge in [0.05, 0.1) is 10.6 Å². The summed E-state index contributed by atoms with van der Waals surface area (Å²) >= 11 is 2.81. The van der Waals surface area contributed by atoms with Crippen molar-refractivity contribution in [1.82, 2.24) is 0 Å². The van der Waals surface area contributed by atoms with Gasteiger partial charge in [-0.1, -0.05) is 0 Å². The van der Waals surface area contributed by atoms with Crippen molar-refractivity contribution >= 4 is 39.7 Å². The van der Waals surface area contributed by atoms with Gasteiger partial charge < -0.3 is 21.5 Å². The maximum Gasteiger partial charge on any atom is 0.261 e. The summed E-state index contributed by atoms with van der Waals surface area (Å²) in [7, 11) is 1.67. The molecule has 1 heterocycles. The third kappa shape index (κ3) is 3.52. The molecule has 1 amide bonds. The summed E-state index contributed by atoms with van der Waals surface area (Å²) in [6, 6.07) is 0. The molecule has 1 rings (SSSR count).